The van der Waals surface area contributed by atoms with E-state index in [1.807, 2.05) is 44.2 Å². The Bertz CT molecular complexity index is 398. The van der Waals surface area contributed by atoms with Crippen LogP contribution in [-0.4, -0.2) is 36.1 Å². The standard InChI is InChI=1S/C14H20N2O2/c1-10-8-16(9-11(2)18-10)14(17)13(15)12-6-4-3-5-7-12/h3-7,10-11,13H,8-9,15H2,1-2H3/t10-,11-,13+/m1/s1. The molecule has 18 heavy (non-hydrogen) atoms. The van der Waals surface area contributed by atoms with E-state index in [1.165, 1.54) is 0 Å². The van der Waals surface area contributed by atoms with Crippen molar-refractivity contribution in [3.8, 4) is 0 Å². The zero-order valence-corrected chi connectivity index (χ0v) is 10.9. The second kappa shape index (κ2) is 5.50. The summed E-state index contributed by atoms with van der Waals surface area (Å²) in [5.74, 6) is -0.0248. The molecule has 1 aliphatic rings. The zero-order valence-electron chi connectivity index (χ0n) is 10.9. The van der Waals surface area contributed by atoms with Crippen LogP contribution < -0.4 is 5.73 Å². The van der Waals surface area contributed by atoms with Gasteiger partial charge in [0, 0.05) is 13.1 Å². The molecule has 0 saturated carbocycles. The van der Waals surface area contributed by atoms with E-state index in [0.717, 1.165) is 5.56 Å². The molecule has 3 atom stereocenters. The van der Waals surface area contributed by atoms with Crippen molar-refractivity contribution in [2.45, 2.75) is 32.1 Å². The number of nitrogens with zero attached hydrogens (tertiary/aromatic N) is 1. The Kier molecular flexibility index (Phi) is 3.99. The van der Waals surface area contributed by atoms with Crippen molar-refractivity contribution in [2.24, 2.45) is 5.73 Å². The first-order chi connectivity index (χ1) is 8.58. The summed E-state index contributed by atoms with van der Waals surface area (Å²) in [7, 11) is 0. The lowest BCUT2D eigenvalue weighted by Gasteiger charge is -2.36. The van der Waals surface area contributed by atoms with Crippen LogP contribution in [0.25, 0.3) is 0 Å². The lowest BCUT2D eigenvalue weighted by molar-refractivity contribution is -0.144. The maximum atomic E-state index is 12.3. The normalized spacial score (nSPS) is 25.8. The van der Waals surface area contributed by atoms with Gasteiger partial charge in [0.25, 0.3) is 0 Å². The summed E-state index contributed by atoms with van der Waals surface area (Å²) in [5.41, 5.74) is 6.88. The van der Waals surface area contributed by atoms with E-state index in [4.69, 9.17) is 10.5 Å². The average molecular weight is 248 g/mol. The molecule has 1 fully saturated rings. The van der Waals surface area contributed by atoms with Gasteiger partial charge in [-0.05, 0) is 19.4 Å². The maximum absolute atomic E-state index is 12.3. The van der Waals surface area contributed by atoms with Gasteiger partial charge >= 0.3 is 0 Å². The van der Waals surface area contributed by atoms with Crippen molar-refractivity contribution in [3.05, 3.63) is 35.9 Å². The third kappa shape index (κ3) is 2.89. The highest BCUT2D eigenvalue weighted by Gasteiger charge is 2.29. The van der Waals surface area contributed by atoms with E-state index in [2.05, 4.69) is 0 Å². The van der Waals surface area contributed by atoms with Crippen molar-refractivity contribution < 1.29 is 9.53 Å². The molecule has 98 valence electrons. The van der Waals surface area contributed by atoms with Crippen LogP contribution in [0.1, 0.15) is 25.5 Å². The largest absolute Gasteiger partial charge is 0.372 e. The molecule has 1 aliphatic heterocycles. The molecule has 0 unspecified atom stereocenters. The number of hydrogen-bond donors (Lipinski definition) is 1. The van der Waals surface area contributed by atoms with Crippen LogP contribution in [0.15, 0.2) is 30.3 Å². The fraction of sp³-hybridized carbons (Fsp3) is 0.500. The third-order valence-electron chi connectivity index (χ3n) is 3.16. The van der Waals surface area contributed by atoms with Crippen LogP contribution in [0.3, 0.4) is 0 Å². The molecule has 2 N–H and O–H groups in total. The Morgan fingerprint density at radius 2 is 1.83 bits per heavy atom. The Morgan fingerprint density at radius 3 is 2.39 bits per heavy atom. The van der Waals surface area contributed by atoms with Crippen LogP contribution in [0, 0.1) is 0 Å². The van der Waals surface area contributed by atoms with Gasteiger partial charge in [0.15, 0.2) is 0 Å². The first-order valence-electron chi connectivity index (χ1n) is 6.32. The second-order valence-electron chi connectivity index (χ2n) is 4.89. The van der Waals surface area contributed by atoms with Crippen LogP contribution in [0.4, 0.5) is 0 Å². The van der Waals surface area contributed by atoms with Gasteiger partial charge in [-0.3, -0.25) is 4.79 Å². The van der Waals surface area contributed by atoms with Gasteiger partial charge in [-0.1, -0.05) is 30.3 Å². The number of ether oxygens (including phenoxy) is 1. The molecule has 0 aliphatic carbocycles. The fourth-order valence-corrected chi connectivity index (χ4v) is 2.36. The summed E-state index contributed by atoms with van der Waals surface area (Å²) in [6.07, 6.45) is 0.140. The summed E-state index contributed by atoms with van der Waals surface area (Å²) in [6, 6.07) is 8.90. The number of carbonyl (C=O) groups excluding carboxylic acids is 1. The number of hydrogen-bond acceptors (Lipinski definition) is 3. The van der Waals surface area contributed by atoms with Gasteiger partial charge in [0.2, 0.25) is 5.91 Å². The van der Waals surface area contributed by atoms with Crippen molar-refractivity contribution in [2.75, 3.05) is 13.1 Å². The van der Waals surface area contributed by atoms with Gasteiger partial charge in [-0.2, -0.15) is 0 Å². The van der Waals surface area contributed by atoms with Gasteiger partial charge in [-0.15, -0.1) is 0 Å². The summed E-state index contributed by atoms with van der Waals surface area (Å²) >= 11 is 0. The molecule has 0 bridgehead atoms. The molecule has 2 rings (SSSR count). The third-order valence-corrected chi connectivity index (χ3v) is 3.16. The van der Waals surface area contributed by atoms with Crippen molar-refractivity contribution in [3.63, 3.8) is 0 Å². The van der Waals surface area contributed by atoms with E-state index in [0.29, 0.717) is 13.1 Å². The highest BCUT2D eigenvalue weighted by atomic mass is 16.5. The quantitative estimate of drug-likeness (QED) is 0.859. The minimum absolute atomic E-state index is 0.0248. The highest BCUT2D eigenvalue weighted by Crippen LogP contribution is 2.17. The summed E-state index contributed by atoms with van der Waals surface area (Å²) in [5, 5.41) is 0. The Hall–Kier alpha value is -1.39. The Labute approximate surface area is 108 Å². The average Bonchev–Trinajstić information content (AvgIpc) is 2.37. The molecule has 0 radical (unpaired) electrons. The number of rotatable bonds is 2. The van der Waals surface area contributed by atoms with E-state index in [1.54, 1.807) is 4.90 Å². The molecule has 4 nitrogen and oxygen atoms in total. The molecule has 1 heterocycles. The predicted octanol–water partition coefficient (Wildman–Crippen LogP) is 1.32. The molecule has 1 aromatic rings. The zero-order chi connectivity index (χ0) is 13.1. The molecule has 0 spiro atoms. The first kappa shape index (κ1) is 13.1. The maximum Gasteiger partial charge on any atom is 0.244 e. The van der Waals surface area contributed by atoms with Crippen molar-refractivity contribution in [1.82, 2.24) is 4.90 Å². The smallest absolute Gasteiger partial charge is 0.244 e. The highest BCUT2D eigenvalue weighted by molar-refractivity contribution is 5.83. The Morgan fingerprint density at radius 1 is 1.28 bits per heavy atom. The van der Waals surface area contributed by atoms with E-state index in [9.17, 15) is 4.79 Å². The number of benzene rings is 1. The number of amides is 1. The van der Waals surface area contributed by atoms with Crippen LogP contribution in [0.5, 0.6) is 0 Å². The fourth-order valence-electron chi connectivity index (χ4n) is 2.36. The first-order valence-corrected chi connectivity index (χ1v) is 6.32. The van der Waals surface area contributed by atoms with E-state index in [-0.39, 0.29) is 18.1 Å². The van der Waals surface area contributed by atoms with Gasteiger partial charge in [-0.25, -0.2) is 0 Å². The van der Waals surface area contributed by atoms with Crippen LogP contribution >= 0.6 is 0 Å². The molecule has 4 heteroatoms. The molecule has 0 aromatic heterocycles. The summed E-state index contributed by atoms with van der Waals surface area (Å²) < 4.78 is 5.62. The van der Waals surface area contributed by atoms with Gasteiger partial charge in [0.1, 0.15) is 6.04 Å². The minimum atomic E-state index is -0.580. The lowest BCUT2D eigenvalue weighted by atomic mass is 10.1. The van der Waals surface area contributed by atoms with Gasteiger partial charge < -0.3 is 15.4 Å². The number of nitrogens with two attached hydrogens (primary N) is 1. The van der Waals surface area contributed by atoms with Crippen molar-refractivity contribution >= 4 is 5.91 Å². The number of morpholine rings is 1. The van der Waals surface area contributed by atoms with Crippen molar-refractivity contribution in [1.29, 1.82) is 0 Å². The molecule has 1 aromatic carbocycles. The second-order valence-corrected chi connectivity index (χ2v) is 4.89. The number of carbonyl (C=O) groups is 1. The van der Waals surface area contributed by atoms with E-state index < -0.39 is 6.04 Å². The summed E-state index contributed by atoms with van der Waals surface area (Å²) in [6.45, 7) is 5.18. The minimum Gasteiger partial charge on any atom is -0.372 e. The Balaban J connectivity index is 2.07. The molecule has 1 saturated heterocycles. The predicted molar refractivity (Wildman–Crippen MR) is 70.0 cm³/mol. The summed E-state index contributed by atoms with van der Waals surface area (Å²) in [4.78, 5) is 14.1. The molecule has 1 amide bonds. The van der Waals surface area contributed by atoms with Crippen LogP contribution in [0.2, 0.25) is 0 Å². The topological polar surface area (TPSA) is 55.6 Å². The molecular weight excluding hydrogens is 228 g/mol. The van der Waals surface area contributed by atoms with Crippen LogP contribution in [-0.2, 0) is 9.53 Å². The van der Waals surface area contributed by atoms with E-state index >= 15 is 0 Å². The van der Waals surface area contributed by atoms with Gasteiger partial charge in [0.05, 0.1) is 12.2 Å². The SMILES string of the molecule is C[C@@H]1CN(C(=O)[C@@H](N)c2ccccc2)C[C@@H](C)O1. The molecular formula is C14H20N2O2. The monoisotopic (exact) mass is 248 g/mol. The lowest BCUT2D eigenvalue weighted by Crippen LogP contribution is -2.50.